The van der Waals surface area contributed by atoms with Crippen LogP contribution < -0.4 is 5.09 Å². The first kappa shape index (κ1) is 17.1. The third-order valence-electron chi connectivity index (χ3n) is 4.52. The molecular formula is C15H21N4O4P. The maximum atomic E-state index is 13.6. The molecule has 0 spiro atoms. The third-order valence-corrected chi connectivity index (χ3v) is 7.35. The van der Waals surface area contributed by atoms with E-state index in [1.54, 1.807) is 0 Å². The predicted octanol–water partition coefficient (Wildman–Crippen LogP) is 2.62. The average molecular weight is 352 g/mol. The molecule has 8 nitrogen and oxygen atoms in total. The second-order valence-corrected chi connectivity index (χ2v) is 8.55. The molecule has 130 valence electrons. The van der Waals surface area contributed by atoms with E-state index < -0.39 is 18.4 Å². The lowest BCUT2D eigenvalue weighted by Crippen LogP contribution is -2.38. The van der Waals surface area contributed by atoms with Gasteiger partial charge in [0.25, 0.3) is 11.6 Å². The Kier molecular flexibility index (Phi) is 4.99. The number of non-ortho nitro benzene ring substituents is 1. The lowest BCUT2D eigenvalue weighted by molar-refractivity contribution is -0.384. The van der Waals surface area contributed by atoms with Gasteiger partial charge in [-0.15, -0.1) is 0 Å². The first-order chi connectivity index (χ1) is 11.5. The van der Waals surface area contributed by atoms with Gasteiger partial charge in [-0.25, -0.2) is 9.34 Å². The van der Waals surface area contributed by atoms with E-state index in [0.717, 1.165) is 25.7 Å². The highest BCUT2D eigenvalue weighted by Crippen LogP contribution is 2.52. The van der Waals surface area contributed by atoms with Gasteiger partial charge in [0.05, 0.1) is 4.92 Å². The summed E-state index contributed by atoms with van der Waals surface area (Å²) in [6.45, 7) is 2.87. The lowest BCUT2D eigenvalue weighted by atomic mass is 10.2. The highest BCUT2D eigenvalue weighted by Gasteiger charge is 2.41. The average Bonchev–Trinajstić information content (AvgIpc) is 3.28. The van der Waals surface area contributed by atoms with Crippen molar-refractivity contribution in [2.24, 2.45) is 0 Å². The molecule has 1 aromatic carbocycles. The van der Waals surface area contributed by atoms with E-state index in [1.807, 2.05) is 9.34 Å². The molecule has 2 heterocycles. The fraction of sp³-hybridized carbons (Fsp3) is 0.533. The topological polar surface area (TPSA) is 95.8 Å². The summed E-state index contributed by atoms with van der Waals surface area (Å²) in [6.07, 6.45) is 3.91. The summed E-state index contributed by atoms with van der Waals surface area (Å²) in [5.74, 6) is -0.452. The normalized spacial score (nSPS) is 19.5. The number of carbonyl (C=O) groups is 1. The zero-order valence-electron chi connectivity index (χ0n) is 13.4. The maximum absolute atomic E-state index is 13.6. The zero-order chi connectivity index (χ0) is 17.2. The second kappa shape index (κ2) is 7.01. The highest BCUT2D eigenvalue weighted by atomic mass is 31.2. The lowest BCUT2D eigenvalue weighted by Gasteiger charge is -2.34. The van der Waals surface area contributed by atoms with Crippen LogP contribution >= 0.6 is 7.59 Å². The van der Waals surface area contributed by atoms with Crippen LogP contribution in [-0.2, 0) is 4.57 Å². The van der Waals surface area contributed by atoms with Crippen LogP contribution in [0.15, 0.2) is 24.3 Å². The van der Waals surface area contributed by atoms with Crippen molar-refractivity contribution in [2.45, 2.75) is 25.7 Å². The van der Waals surface area contributed by atoms with Crippen LogP contribution in [-0.4, -0.2) is 46.4 Å². The number of nitro benzene ring substituents is 1. The molecule has 1 N–H and O–H groups in total. The molecule has 3 rings (SSSR count). The maximum Gasteiger partial charge on any atom is 0.311 e. The van der Waals surface area contributed by atoms with Crippen LogP contribution in [0.1, 0.15) is 36.0 Å². The van der Waals surface area contributed by atoms with Crippen molar-refractivity contribution in [1.29, 1.82) is 0 Å². The number of hydrogen-bond acceptors (Lipinski definition) is 4. The van der Waals surface area contributed by atoms with Gasteiger partial charge in [0.1, 0.15) is 0 Å². The Morgan fingerprint density at radius 2 is 1.46 bits per heavy atom. The van der Waals surface area contributed by atoms with E-state index >= 15 is 0 Å². The van der Waals surface area contributed by atoms with Gasteiger partial charge in [0, 0.05) is 43.9 Å². The van der Waals surface area contributed by atoms with Crippen molar-refractivity contribution in [1.82, 2.24) is 14.4 Å². The van der Waals surface area contributed by atoms with Crippen LogP contribution in [0.3, 0.4) is 0 Å². The Labute approximate surface area is 140 Å². The molecule has 0 aromatic heterocycles. The molecule has 24 heavy (non-hydrogen) atoms. The molecule has 0 atom stereocenters. The number of hydrogen-bond donors (Lipinski definition) is 1. The third kappa shape index (κ3) is 3.36. The molecule has 2 saturated heterocycles. The minimum Gasteiger partial charge on any atom is -0.279 e. The standard InChI is InChI=1S/C15H21N4O4P/c20-15(13-5-7-14(8-6-13)19(21)22)16-24(23,17-9-1-2-10-17)18-11-3-4-12-18/h5-8H,1-4,9-12H2,(H,16,20,23). The van der Waals surface area contributed by atoms with Crippen LogP contribution in [0.25, 0.3) is 0 Å². The van der Waals surface area contributed by atoms with E-state index in [1.165, 1.54) is 24.3 Å². The Hall–Kier alpha value is -1.76. The van der Waals surface area contributed by atoms with Crippen molar-refractivity contribution in [3.8, 4) is 0 Å². The summed E-state index contributed by atoms with van der Waals surface area (Å²) in [5, 5.41) is 13.4. The quantitative estimate of drug-likeness (QED) is 0.497. The van der Waals surface area contributed by atoms with E-state index in [0.29, 0.717) is 26.2 Å². The molecule has 2 aliphatic heterocycles. The summed E-state index contributed by atoms with van der Waals surface area (Å²) in [7, 11) is -3.13. The van der Waals surface area contributed by atoms with Gasteiger partial charge in [0.15, 0.2) is 0 Å². The first-order valence-electron chi connectivity index (χ1n) is 8.19. The molecule has 0 bridgehead atoms. The number of nitrogens with one attached hydrogen (secondary N) is 1. The molecule has 2 fully saturated rings. The van der Waals surface area contributed by atoms with Crippen molar-refractivity contribution in [2.75, 3.05) is 26.2 Å². The summed E-state index contributed by atoms with van der Waals surface area (Å²) >= 11 is 0. The number of amides is 1. The van der Waals surface area contributed by atoms with Crippen LogP contribution in [0.5, 0.6) is 0 Å². The van der Waals surface area contributed by atoms with Gasteiger partial charge in [0.2, 0.25) is 0 Å². The zero-order valence-corrected chi connectivity index (χ0v) is 14.3. The molecule has 0 aliphatic carbocycles. The summed E-state index contributed by atoms with van der Waals surface area (Å²) in [5.41, 5.74) is 0.202. The van der Waals surface area contributed by atoms with Gasteiger partial charge in [-0.05, 0) is 37.8 Å². The smallest absolute Gasteiger partial charge is 0.279 e. The van der Waals surface area contributed by atoms with Gasteiger partial charge >= 0.3 is 7.59 Å². The first-order valence-corrected chi connectivity index (χ1v) is 9.80. The fourth-order valence-electron chi connectivity index (χ4n) is 3.19. The summed E-state index contributed by atoms with van der Waals surface area (Å²) in [6, 6.07) is 5.36. The number of carbonyl (C=O) groups excluding carboxylic acids is 1. The van der Waals surface area contributed by atoms with Gasteiger partial charge in [-0.2, -0.15) is 0 Å². The van der Waals surface area contributed by atoms with E-state index in [9.17, 15) is 19.5 Å². The SMILES string of the molecule is O=C(NP(=O)(N1CCCC1)N1CCCC1)c1ccc([N+](=O)[O-])cc1. The van der Waals surface area contributed by atoms with E-state index in [2.05, 4.69) is 5.09 Å². The number of nitrogens with zero attached hydrogens (tertiary/aromatic N) is 3. The molecule has 0 radical (unpaired) electrons. The molecular weight excluding hydrogens is 331 g/mol. The molecule has 2 aliphatic rings. The van der Waals surface area contributed by atoms with Crippen molar-refractivity contribution in [3.63, 3.8) is 0 Å². The number of rotatable bonds is 5. The Balaban J connectivity index is 1.80. The summed E-state index contributed by atoms with van der Waals surface area (Å²) in [4.78, 5) is 22.7. The monoisotopic (exact) mass is 352 g/mol. The Morgan fingerprint density at radius 3 is 1.88 bits per heavy atom. The van der Waals surface area contributed by atoms with Crippen molar-refractivity contribution < 1.29 is 14.3 Å². The highest BCUT2D eigenvalue weighted by molar-refractivity contribution is 7.57. The van der Waals surface area contributed by atoms with Crippen LogP contribution in [0.2, 0.25) is 0 Å². The van der Waals surface area contributed by atoms with Gasteiger partial charge in [-0.1, -0.05) is 0 Å². The van der Waals surface area contributed by atoms with Crippen LogP contribution in [0.4, 0.5) is 5.69 Å². The van der Waals surface area contributed by atoms with Gasteiger partial charge < -0.3 is 0 Å². The molecule has 0 unspecified atom stereocenters. The Morgan fingerprint density at radius 1 is 1.00 bits per heavy atom. The molecule has 1 amide bonds. The predicted molar refractivity (Wildman–Crippen MR) is 89.8 cm³/mol. The van der Waals surface area contributed by atoms with Gasteiger partial charge in [-0.3, -0.25) is 24.6 Å². The van der Waals surface area contributed by atoms with E-state index in [4.69, 9.17) is 0 Å². The molecule has 0 saturated carbocycles. The van der Waals surface area contributed by atoms with Crippen molar-refractivity contribution >= 4 is 19.2 Å². The molecule has 1 aromatic rings. The van der Waals surface area contributed by atoms with Crippen molar-refractivity contribution in [3.05, 3.63) is 39.9 Å². The van der Waals surface area contributed by atoms with E-state index in [-0.39, 0.29) is 11.3 Å². The second-order valence-electron chi connectivity index (χ2n) is 6.11. The number of benzene rings is 1. The minimum atomic E-state index is -3.13. The Bertz CT molecular complexity index is 647. The summed E-state index contributed by atoms with van der Waals surface area (Å²) < 4.78 is 17.4. The minimum absolute atomic E-state index is 0.0752. The number of nitro groups is 1. The fourth-order valence-corrected chi connectivity index (χ4v) is 5.88. The largest absolute Gasteiger partial charge is 0.311 e. The molecule has 9 heteroatoms. The van der Waals surface area contributed by atoms with Crippen LogP contribution in [0, 0.1) is 10.1 Å².